The average Bonchev–Trinajstić information content (AvgIpc) is 3.26. The molecule has 3 heterocycles. The van der Waals surface area contributed by atoms with Gasteiger partial charge in [-0.2, -0.15) is 0 Å². The van der Waals surface area contributed by atoms with Gasteiger partial charge in [-0.3, -0.25) is 4.79 Å². The molecule has 6 nitrogen and oxygen atoms in total. The number of aromatic nitrogens is 3. The van der Waals surface area contributed by atoms with Crippen LogP contribution in [0.2, 0.25) is 0 Å². The summed E-state index contributed by atoms with van der Waals surface area (Å²) in [6.07, 6.45) is 1.59. The van der Waals surface area contributed by atoms with E-state index >= 15 is 0 Å². The third kappa shape index (κ3) is 3.12. The Hall–Kier alpha value is -2.96. The fourth-order valence-corrected chi connectivity index (χ4v) is 3.31. The minimum Gasteiger partial charge on any atom is -0.465 e. The number of carbonyl (C=O) groups excluding carboxylic acids is 1. The van der Waals surface area contributed by atoms with Gasteiger partial charge in [0.15, 0.2) is 5.82 Å². The van der Waals surface area contributed by atoms with Crippen LogP contribution in [-0.2, 0) is 17.9 Å². The van der Waals surface area contributed by atoms with E-state index in [9.17, 15) is 9.18 Å². The van der Waals surface area contributed by atoms with E-state index in [2.05, 4.69) is 15.5 Å². The molecule has 3 aromatic rings. The maximum atomic E-state index is 13.2. The molecular weight excluding hydrogens is 335 g/mol. The zero-order chi connectivity index (χ0) is 18.1. The van der Waals surface area contributed by atoms with Gasteiger partial charge < -0.3 is 14.3 Å². The standard InChI is InChI=1S/C19H19FN4O2/c1-12-4-9-15(26-12)11-21-19(25)16-3-2-10-24-17(22-23-18(16)24)13-5-7-14(20)8-6-13/h4-9,16H,2-3,10-11H2,1H3,(H,21,25). The topological polar surface area (TPSA) is 73.0 Å². The van der Waals surface area contributed by atoms with Crippen molar-refractivity contribution in [2.24, 2.45) is 0 Å². The van der Waals surface area contributed by atoms with E-state index in [1.807, 2.05) is 23.6 Å². The molecule has 1 unspecified atom stereocenters. The van der Waals surface area contributed by atoms with Crippen molar-refractivity contribution in [3.05, 3.63) is 59.6 Å². The highest BCUT2D eigenvalue weighted by Gasteiger charge is 2.31. The summed E-state index contributed by atoms with van der Waals surface area (Å²) in [6.45, 7) is 2.96. The third-order valence-corrected chi connectivity index (χ3v) is 4.62. The summed E-state index contributed by atoms with van der Waals surface area (Å²) in [4.78, 5) is 12.6. The number of nitrogens with one attached hydrogen (secondary N) is 1. The molecule has 0 saturated carbocycles. The number of carbonyl (C=O) groups is 1. The number of hydrogen-bond donors (Lipinski definition) is 1. The van der Waals surface area contributed by atoms with Crippen LogP contribution in [0.3, 0.4) is 0 Å². The Labute approximate surface area is 150 Å². The number of rotatable bonds is 4. The van der Waals surface area contributed by atoms with E-state index in [1.54, 1.807) is 12.1 Å². The van der Waals surface area contributed by atoms with Gasteiger partial charge in [0.25, 0.3) is 0 Å². The summed E-state index contributed by atoms with van der Waals surface area (Å²) in [5.41, 5.74) is 0.789. The van der Waals surface area contributed by atoms with Crippen LogP contribution in [0.4, 0.5) is 4.39 Å². The zero-order valence-electron chi connectivity index (χ0n) is 14.4. The molecule has 1 amide bonds. The molecule has 1 atom stereocenters. The molecule has 26 heavy (non-hydrogen) atoms. The quantitative estimate of drug-likeness (QED) is 0.781. The van der Waals surface area contributed by atoms with Crippen molar-refractivity contribution in [3.8, 4) is 11.4 Å². The van der Waals surface area contributed by atoms with E-state index in [0.717, 1.165) is 36.5 Å². The largest absolute Gasteiger partial charge is 0.465 e. The molecule has 1 aliphatic rings. The van der Waals surface area contributed by atoms with Crippen LogP contribution in [0.1, 0.15) is 36.1 Å². The molecule has 0 fully saturated rings. The molecule has 0 spiro atoms. The first-order chi connectivity index (χ1) is 12.6. The van der Waals surface area contributed by atoms with E-state index in [0.29, 0.717) is 18.2 Å². The zero-order valence-corrected chi connectivity index (χ0v) is 14.4. The number of amides is 1. The highest BCUT2D eigenvalue weighted by Crippen LogP contribution is 2.30. The molecule has 2 aromatic heterocycles. The first-order valence-corrected chi connectivity index (χ1v) is 8.64. The van der Waals surface area contributed by atoms with Crippen LogP contribution >= 0.6 is 0 Å². The lowest BCUT2D eigenvalue weighted by Gasteiger charge is -2.22. The molecular formula is C19H19FN4O2. The molecule has 0 bridgehead atoms. The predicted molar refractivity (Wildman–Crippen MR) is 92.7 cm³/mol. The fraction of sp³-hybridized carbons (Fsp3) is 0.316. The van der Waals surface area contributed by atoms with Gasteiger partial charge in [-0.1, -0.05) is 0 Å². The summed E-state index contributed by atoms with van der Waals surface area (Å²) in [5.74, 6) is 2.13. The highest BCUT2D eigenvalue weighted by molar-refractivity contribution is 5.83. The van der Waals surface area contributed by atoms with Crippen molar-refractivity contribution in [2.45, 2.75) is 38.8 Å². The second kappa shape index (κ2) is 6.74. The van der Waals surface area contributed by atoms with Crippen LogP contribution in [-0.4, -0.2) is 20.7 Å². The lowest BCUT2D eigenvalue weighted by molar-refractivity contribution is -0.123. The second-order valence-corrected chi connectivity index (χ2v) is 6.47. The molecule has 0 aliphatic carbocycles. The van der Waals surface area contributed by atoms with Crippen LogP contribution in [0.15, 0.2) is 40.8 Å². The average molecular weight is 354 g/mol. The normalized spacial score (nSPS) is 16.3. The monoisotopic (exact) mass is 354 g/mol. The van der Waals surface area contributed by atoms with E-state index in [4.69, 9.17) is 4.42 Å². The Kier molecular flexibility index (Phi) is 4.28. The minimum atomic E-state index is -0.346. The molecule has 1 aromatic carbocycles. The maximum absolute atomic E-state index is 13.2. The molecule has 1 N–H and O–H groups in total. The molecule has 0 radical (unpaired) electrons. The molecule has 1 aliphatic heterocycles. The van der Waals surface area contributed by atoms with Gasteiger partial charge in [-0.15, -0.1) is 10.2 Å². The van der Waals surface area contributed by atoms with Gasteiger partial charge in [0.1, 0.15) is 23.2 Å². The van der Waals surface area contributed by atoms with Gasteiger partial charge >= 0.3 is 0 Å². The summed E-state index contributed by atoms with van der Waals surface area (Å²) in [5, 5.41) is 11.4. The number of fused-ring (bicyclic) bond motifs is 1. The fourth-order valence-electron chi connectivity index (χ4n) is 3.31. The third-order valence-electron chi connectivity index (χ3n) is 4.62. The van der Waals surface area contributed by atoms with Gasteiger partial charge in [0.2, 0.25) is 5.91 Å². The second-order valence-electron chi connectivity index (χ2n) is 6.47. The lowest BCUT2D eigenvalue weighted by Crippen LogP contribution is -2.32. The Morgan fingerprint density at radius 1 is 1.27 bits per heavy atom. The van der Waals surface area contributed by atoms with E-state index in [-0.39, 0.29) is 17.6 Å². The van der Waals surface area contributed by atoms with E-state index < -0.39 is 0 Å². The summed E-state index contributed by atoms with van der Waals surface area (Å²) >= 11 is 0. The predicted octanol–water partition coefficient (Wildman–Crippen LogP) is 3.18. The SMILES string of the molecule is Cc1ccc(CNC(=O)C2CCCn3c(-c4ccc(F)cc4)nnc32)o1. The molecule has 0 saturated heterocycles. The lowest BCUT2D eigenvalue weighted by atomic mass is 9.97. The Balaban J connectivity index is 1.54. The smallest absolute Gasteiger partial charge is 0.231 e. The van der Waals surface area contributed by atoms with Crippen LogP contribution in [0, 0.1) is 12.7 Å². The summed E-state index contributed by atoms with van der Waals surface area (Å²) in [7, 11) is 0. The van der Waals surface area contributed by atoms with Gasteiger partial charge in [-0.25, -0.2) is 4.39 Å². The van der Waals surface area contributed by atoms with Crippen molar-refractivity contribution >= 4 is 5.91 Å². The summed E-state index contributed by atoms with van der Waals surface area (Å²) < 4.78 is 20.6. The Morgan fingerprint density at radius 2 is 2.08 bits per heavy atom. The van der Waals surface area contributed by atoms with Gasteiger partial charge in [-0.05, 0) is 56.2 Å². The minimum absolute atomic E-state index is 0.0851. The molecule has 4 rings (SSSR count). The number of aryl methyl sites for hydroxylation is 1. The van der Waals surface area contributed by atoms with Crippen molar-refractivity contribution in [1.82, 2.24) is 20.1 Å². The first kappa shape index (κ1) is 16.5. The highest BCUT2D eigenvalue weighted by atomic mass is 19.1. The van der Waals surface area contributed by atoms with Crippen LogP contribution in [0.5, 0.6) is 0 Å². The van der Waals surface area contributed by atoms with Crippen molar-refractivity contribution in [2.75, 3.05) is 0 Å². The van der Waals surface area contributed by atoms with Crippen molar-refractivity contribution in [1.29, 1.82) is 0 Å². The maximum Gasteiger partial charge on any atom is 0.231 e. The molecule has 7 heteroatoms. The van der Waals surface area contributed by atoms with E-state index in [1.165, 1.54) is 12.1 Å². The van der Waals surface area contributed by atoms with Crippen molar-refractivity contribution < 1.29 is 13.6 Å². The number of benzene rings is 1. The Morgan fingerprint density at radius 3 is 2.81 bits per heavy atom. The number of hydrogen-bond acceptors (Lipinski definition) is 4. The number of halogens is 1. The van der Waals surface area contributed by atoms with Gasteiger partial charge in [0.05, 0.1) is 12.5 Å². The number of nitrogens with zero attached hydrogens (tertiary/aromatic N) is 3. The van der Waals surface area contributed by atoms with Gasteiger partial charge in [0, 0.05) is 12.1 Å². The summed E-state index contributed by atoms with van der Waals surface area (Å²) in [6, 6.07) is 9.87. The number of furan rings is 1. The Bertz CT molecular complexity index is 929. The first-order valence-electron chi connectivity index (χ1n) is 8.64. The molecule has 134 valence electrons. The van der Waals surface area contributed by atoms with Crippen LogP contribution in [0.25, 0.3) is 11.4 Å². The van der Waals surface area contributed by atoms with Crippen LogP contribution < -0.4 is 5.32 Å². The van der Waals surface area contributed by atoms with Crippen molar-refractivity contribution in [3.63, 3.8) is 0 Å².